The minimum absolute atomic E-state index is 0.0136. The fourth-order valence-corrected chi connectivity index (χ4v) is 4.99. The summed E-state index contributed by atoms with van der Waals surface area (Å²) in [7, 11) is 0. The van der Waals surface area contributed by atoms with Gasteiger partial charge in [-0.25, -0.2) is 9.36 Å². The Bertz CT molecular complexity index is 1480. The summed E-state index contributed by atoms with van der Waals surface area (Å²) in [5, 5.41) is 0. The van der Waals surface area contributed by atoms with Crippen LogP contribution in [0.3, 0.4) is 0 Å². The smallest absolute Gasteiger partial charge is 0.335 e. The molecule has 0 spiro atoms. The summed E-state index contributed by atoms with van der Waals surface area (Å²) in [5.41, 5.74) is 1.24. The Labute approximate surface area is 236 Å². The standard InChI is InChI=1S/C30H33N3O8/c1-20-16-25(32-17-21(2)26(34)33(30(32)37)19-39-18-22-8-4-3-5-9-22)41-29(20)40-15-14-38-13-12-31-27(35)23-10-6-7-11-24(23)28(31)36/h3-11,17,20,25,29H,12-16,18-19H2,1-2H3. The molecule has 11 heteroatoms. The summed E-state index contributed by atoms with van der Waals surface area (Å²) in [6.07, 6.45) is 0.868. The highest BCUT2D eigenvalue weighted by Crippen LogP contribution is 2.33. The Morgan fingerprint density at radius 2 is 1.56 bits per heavy atom. The Morgan fingerprint density at radius 1 is 0.878 bits per heavy atom. The van der Waals surface area contributed by atoms with Crippen LogP contribution < -0.4 is 11.2 Å². The summed E-state index contributed by atoms with van der Waals surface area (Å²) in [4.78, 5) is 51.9. The predicted octanol–water partition coefficient (Wildman–Crippen LogP) is 2.70. The Hall–Kier alpha value is -3.90. The highest BCUT2D eigenvalue weighted by atomic mass is 16.7. The van der Waals surface area contributed by atoms with E-state index in [1.54, 1.807) is 31.2 Å². The van der Waals surface area contributed by atoms with Crippen molar-refractivity contribution in [3.63, 3.8) is 0 Å². The number of hydrogen-bond acceptors (Lipinski definition) is 8. The molecule has 2 aromatic carbocycles. The number of hydrogen-bond donors (Lipinski definition) is 0. The molecule has 11 nitrogen and oxygen atoms in total. The van der Waals surface area contributed by atoms with E-state index in [2.05, 4.69) is 0 Å². The maximum Gasteiger partial charge on any atom is 0.335 e. The first kappa shape index (κ1) is 28.6. The molecule has 0 saturated carbocycles. The topological polar surface area (TPSA) is 118 Å². The zero-order chi connectivity index (χ0) is 28.9. The van der Waals surface area contributed by atoms with Gasteiger partial charge in [0.25, 0.3) is 17.4 Å². The van der Waals surface area contributed by atoms with E-state index in [9.17, 15) is 19.2 Å². The van der Waals surface area contributed by atoms with Crippen LogP contribution in [0.5, 0.6) is 0 Å². The third-order valence-corrected chi connectivity index (χ3v) is 7.19. The molecule has 2 aliphatic rings. The molecular weight excluding hydrogens is 530 g/mol. The number of aromatic nitrogens is 2. The lowest BCUT2D eigenvalue weighted by atomic mass is 10.1. The quantitative estimate of drug-likeness (QED) is 0.244. The monoisotopic (exact) mass is 563 g/mol. The lowest BCUT2D eigenvalue weighted by Gasteiger charge is -2.19. The predicted molar refractivity (Wildman–Crippen MR) is 147 cm³/mol. The molecule has 5 rings (SSSR count). The molecule has 3 aromatic rings. The van der Waals surface area contributed by atoms with Gasteiger partial charge in [-0.3, -0.25) is 23.9 Å². The molecule has 1 saturated heterocycles. The van der Waals surface area contributed by atoms with Crippen molar-refractivity contribution < 1.29 is 28.5 Å². The van der Waals surface area contributed by atoms with Crippen LogP contribution in [0.2, 0.25) is 0 Å². The number of imide groups is 1. The van der Waals surface area contributed by atoms with Crippen LogP contribution >= 0.6 is 0 Å². The van der Waals surface area contributed by atoms with Gasteiger partial charge in [0.1, 0.15) is 13.0 Å². The molecule has 0 radical (unpaired) electrons. The van der Waals surface area contributed by atoms with Gasteiger partial charge in [0.05, 0.1) is 44.1 Å². The first-order valence-corrected chi connectivity index (χ1v) is 13.6. The van der Waals surface area contributed by atoms with E-state index in [0.29, 0.717) is 23.1 Å². The molecule has 0 N–H and O–H groups in total. The molecule has 1 aromatic heterocycles. The van der Waals surface area contributed by atoms with Crippen molar-refractivity contribution >= 4 is 11.8 Å². The molecule has 3 atom stereocenters. The number of carbonyl (C=O) groups is 2. The number of ether oxygens (including phenoxy) is 4. The molecule has 3 heterocycles. The number of nitrogens with zero attached hydrogens (tertiary/aromatic N) is 3. The van der Waals surface area contributed by atoms with E-state index in [1.807, 2.05) is 37.3 Å². The maximum absolute atomic E-state index is 13.2. The van der Waals surface area contributed by atoms with E-state index in [4.69, 9.17) is 18.9 Å². The van der Waals surface area contributed by atoms with Gasteiger partial charge in [-0.15, -0.1) is 0 Å². The second-order valence-corrected chi connectivity index (χ2v) is 10.2. The number of carbonyl (C=O) groups excluding carboxylic acids is 2. The molecular formula is C30H33N3O8. The minimum Gasteiger partial charge on any atom is -0.377 e. The van der Waals surface area contributed by atoms with Gasteiger partial charge < -0.3 is 18.9 Å². The van der Waals surface area contributed by atoms with Gasteiger partial charge in [-0.2, -0.15) is 0 Å². The highest BCUT2D eigenvalue weighted by Gasteiger charge is 2.36. The van der Waals surface area contributed by atoms with Crippen LogP contribution in [-0.2, 0) is 32.3 Å². The molecule has 0 aliphatic carbocycles. The highest BCUT2D eigenvalue weighted by molar-refractivity contribution is 6.21. The zero-order valence-electron chi connectivity index (χ0n) is 23.1. The molecule has 0 bridgehead atoms. The first-order chi connectivity index (χ1) is 19.8. The average Bonchev–Trinajstić information content (AvgIpc) is 3.46. The SMILES string of the molecule is Cc1cn(C2CC(C)C(OCCOCCN3C(=O)c4ccccc4C3=O)O2)c(=O)n(COCc2ccccc2)c1=O. The van der Waals surface area contributed by atoms with Crippen molar-refractivity contribution in [3.05, 3.63) is 104 Å². The lowest BCUT2D eigenvalue weighted by molar-refractivity contribution is -0.169. The number of benzene rings is 2. The summed E-state index contributed by atoms with van der Waals surface area (Å²) in [6, 6.07) is 16.3. The summed E-state index contributed by atoms with van der Waals surface area (Å²) in [5.74, 6) is -0.645. The van der Waals surface area contributed by atoms with Crippen LogP contribution in [0.1, 0.15) is 51.4 Å². The van der Waals surface area contributed by atoms with Gasteiger partial charge in [0.15, 0.2) is 6.29 Å². The normalized spacial score (nSPS) is 20.1. The van der Waals surface area contributed by atoms with E-state index < -0.39 is 23.8 Å². The molecule has 41 heavy (non-hydrogen) atoms. The fourth-order valence-electron chi connectivity index (χ4n) is 4.99. The van der Waals surface area contributed by atoms with Crippen LogP contribution in [0, 0.1) is 12.8 Å². The first-order valence-electron chi connectivity index (χ1n) is 13.6. The van der Waals surface area contributed by atoms with E-state index in [-0.39, 0.29) is 57.4 Å². The van der Waals surface area contributed by atoms with Crippen molar-refractivity contribution in [2.45, 2.75) is 46.1 Å². The van der Waals surface area contributed by atoms with Gasteiger partial charge in [-0.1, -0.05) is 49.4 Å². The molecule has 216 valence electrons. The summed E-state index contributed by atoms with van der Waals surface area (Å²) >= 11 is 0. The number of fused-ring (bicyclic) bond motifs is 1. The minimum atomic E-state index is -0.600. The third kappa shape index (κ3) is 6.23. The van der Waals surface area contributed by atoms with Crippen LogP contribution in [0.4, 0.5) is 0 Å². The number of amides is 2. The van der Waals surface area contributed by atoms with Crippen LogP contribution in [0.25, 0.3) is 0 Å². The van der Waals surface area contributed by atoms with E-state index in [1.165, 1.54) is 15.7 Å². The van der Waals surface area contributed by atoms with Crippen LogP contribution in [0.15, 0.2) is 70.4 Å². The van der Waals surface area contributed by atoms with E-state index in [0.717, 1.165) is 10.1 Å². The fraction of sp³-hybridized carbons (Fsp3) is 0.400. The lowest BCUT2D eigenvalue weighted by Crippen LogP contribution is -2.42. The zero-order valence-corrected chi connectivity index (χ0v) is 23.1. The van der Waals surface area contributed by atoms with Gasteiger partial charge in [0.2, 0.25) is 0 Å². The van der Waals surface area contributed by atoms with Crippen molar-refractivity contribution in [1.29, 1.82) is 0 Å². The van der Waals surface area contributed by atoms with Gasteiger partial charge >= 0.3 is 5.69 Å². The molecule has 3 unspecified atom stereocenters. The number of aryl methyl sites for hydroxylation is 1. The van der Waals surface area contributed by atoms with Crippen molar-refractivity contribution in [2.75, 3.05) is 26.4 Å². The van der Waals surface area contributed by atoms with Crippen molar-refractivity contribution in [1.82, 2.24) is 14.0 Å². The maximum atomic E-state index is 13.2. The average molecular weight is 564 g/mol. The number of rotatable bonds is 12. The second-order valence-electron chi connectivity index (χ2n) is 10.2. The van der Waals surface area contributed by atoms with Gasteiger partial charge in [-0.05, 0) is 24.6 Å². The second kappa shape index (κ2) is 12.7. The van der Waals surface area contributed by atoms with E-state index >= 15 is 0 Å². The molecule has 2 aliphatic heterocycles. The third-order valence-electron chi connectivity index (χ3n) is 7.19. The summed E-state index contributed by atoms with van der Waals surface area (Å²) < 4.78 is 25.7. The van der Waals surface area contributed by atoms with Gasteiger partial charge in [0, 0.05) is 24.1 Å². The Kier molecular flexibility index (Phi) is 8.89. The van der Waals surface area contributed by atoms with Crippen molar-refractivity contribution in [2.24, 2.45) is 5.92 Å². The summed E-state index contributed by atoms with van der Waals surface area (Å²) in [6.45, 7) is 4.51. The Balaban J connectivity index is 1.09. The molecule has 1 fully saturated rings. The van der Waals surface area contributed by atoms with Crippen LogP contribution in [-0.4, -0.2) is 58.5 Å². The van der Waals surface area contributed by atoms with Crippen molar-refractivity contribution in [3.8, 4) is 0 Å². The largest absolute Gasteiger partial charge is 0.377 e. The Morgan fingerprint density at radius 3 is 2.27 bits per heavy atom. The molecule has 2 amide bonds.